The minimum Gasteiger partial charge on any atom is -0.381 e. The van der Waals surface area contributed by atoms with Crippen molar-refractivity contribution in [2.75, 3.05) is 18.5 Å². The summed E-state index contributed by atoms with van der Waals surface area (Å²) >= 11 is 3.69. The highest BCUT2D eigenvalue weighted by Crippen LogP contribution is 2.66. The largest absolute Gasteiger partial charge is 0.381 e. The van der Waals surface area contributed by atoms with E-state index in [0.717, 1.165) is 37.3 Å². The van der Waals surface area contributed by atoms with Crippen LogP contribution in [0, 0.1) is 16.7 Å². The summed E-state index contributed by atoms with van der Waals surface area (Å²) in [7, 11) is 0. The number of rotatable bonds is 3. The van der Waals surface area contributed by atoms with Gasteiger partial charge in [-0.15, -0.1) is 0 Å². The number of hydrogen-bond donors (Lipinski definition) is 0. The predicted octanol–water partition coefficient (Wildman–Crippen LogP) is 4.16. The summed E-state index contributed by atoms with van der Waals surface area (Å²) in [6, 6.07) is 0. The van der Waals surface area contributed by atoms with E-state index in [0.29, 0.717) is 16.9 Å². The maximum absolute atomic E-state index is 6.73. The maximum Gasteiger partial charge on any atom is 0.0826 e. The molecule has 3 atom stereocenters. The summed E-state index contributed by atoms with van der Waals surface area (Å²) < 4.78 is 12.3. The molecule has 0 aromatic rings. The molecule has 0 aromatic heterocycles. The fourth-order valence-electron chi connectivity index (χ4n) is 4.64. The maximum atomic E-state index is 6.73. The van der Waals surface area contributed by atoms with E-state index in [-0.39, 0.29) is 5.60 Å². The second-order valence-corrected chi connectivity index (χ2v) is 8.21. The Morgan fingerprint density at radius 2 is 1.84 bits per heavy atom. The smallest absolute Gasteiger partial charge is 0.0826 e. The molecular weight excluding hydrogens is 304 g/mol. The summed E-state index contributed by atoms with van der Waals surface area (Å²) in [6.45, 7) is 9.08. The van der Waals surface area contributed by atoms with Crippen molar-refractivity contribution in [2.45, 2.75) is 64.6 Å². The molecule has 19 heavy (non-hydrogen) atoms. The fourth-order valence-corrected chi connectivity index (χ4v) is 5.33. The van der Waals surface area contributed by atoms with Crippen molar-refractivity contribution < 1.29 is 9.47 Å². The first-order valence-electron chi connectivity index (χ1n) is 7.75. The van der Waals surface area contributed by atoms with Gasteiger partial charge >= 0.3 is 0 Å². The molecule has 2 bridgehead atoms. The van der Waals surface area contributed by atoms with Crippen molar-refractivity contribution in [3.05, 3.63) is 0 Å². The van der Waals surface area contributed by atoms with E-state index in [2.05, 4.69) is 36.7 Å². The molecule has 1 heterocycles. The van der Waals surface area contributed by atoms with Gasteiger partial charge in [-0.1, -0.05) is 36.7 Å². The van der Waals surface area contributed by atoms with Gasteiger partial charge < -0.3 is 9.47 Å². The first-order chi connectivity index (χ1) is 8.94. The molecule has 2 aliphatic carbocycles. The normalized spacial score (nSPS) is 43.6. The second-order valence-electron chi connectivity index (χ2n) is 7.65. The molecule has 1 saturated heterocycles. The fraction of sp³-hybridized carbons (Fsp3) is 1.00. The van der Waals surface area contributed by atoms with Crippen LogP contribution < -0.4 is 0 Å². The van der Waals surface area contributed by atoms with Crippen LogP contribution in [0.4, 0.5) is 0 Å². The van der Waals surface area contributed by atoms with E-state index in [9.17, 15) is 0 Å². The predicted molar refractivity (Wildman–Crippen MR) is 80.7 cm³/mol. The van der Waals surface area contributed by atoms with Gasteiger partial charge in [0.1, 0.15) is 0 Å². The molecule has 0 N–H and O–H groups in total. The van der Waals surface area contributed by atoms with Crippen molar-refractivity contribution in [2.24, 2.45) is 16.7 Å². The lowest BCUT2D eigenvalue weighted by molar-refractivity contribution is -0.165. The van der Waals surface area contributed by atoms with Crippen LogP contribution in [0.1, 0.15) is 52.9 Å². The molecule has 0 radical (unpaired) electrons. The number of ether oxygens (including phenoxy) is 2. The zero-order valence-corrected chi connectivity index (χ0v) is 14.1. The Kier molecular flexibility index (Phi) is 3.55. The third-order valence-corrected chi connectivity index (χ3v) is 7.78. The van der Waals surface area contributed by atoms with Crippen molar-refractivity contribution in [3.8, 4) is 0 Å². The Labute approximate surface area is 125 Å². The lowest BCUT2D eigenvalue weighted by Crippen LogP contribution is -2.48. The van der Waals surface area contributed by atoms with Crippen LogP contribution in [0.5, 0.6) is 0 Å². The van der Waals surface area contributed by atoms with Gasteiger partial charge in [-0.05, 0) is 36.0 Å². The van der Waals surface area contributed by atoms with Crippen LogP contribution in [-0.4, -0.2) is 30.2 Å². The van der Waals surface area contributed by atoms with Crippen molar-refractivity contribution in [1.29, 1.82) is 0 Å². The quantitative estimate of drug-likeness (QED) is 0.723. The van der Waals surface area contributed by atoms with Crippen LogP contribution in [0.3, 0.4) is 0 Å². The molecule has 0 amide bonds. The zero-order chi connectivity index (χ0) is 13.7. The minimum atomic E-state index is 0.0203. The number of halogens is 1. The molecule has 3 rings (SSSR count). The van der Waals surface area contributed by atoms with Crippen LogP contribution in [0.25, 0.3) is 0 Å². The average Bonchev–Trinajstić information content (AvgIpc) is 2.73. The minimum absolute atomic E-state index is 0.0203. The lowest BCUT2D eigenvalue weighted by Gasteiger charge is -2.45. The van der Waals surface area contributed by atoms with Crippen molar-refractivity contribution >= 4 is 15.9 Å². The molecule has 3 heteroatoms. The van der Waals surface area contributed by atoms with E-state index in [4.69, 9.17) is 9.47 Å². The third-order valence-electron chi connectivity index (χ3n) is 6.75. The van der Waals surface area contributed by atoms with Gasteiger partial charge in [0.2, 0.25) is 0 Å². The monoisotopic (exact) mass is 330 g/mol. The van der Waals surface area contributed by atoms with Gasteiger partial charge in [0.25, 0.3) is 0 Å². The van der Waals surface area contributed by atoms with Gasteiger partial charge in [0, 0.05) is 31.4 Å². The molecule has 1 aliphatic heterocycles. The van der Waals surface area contributed by atoms with Crippen molar-refractivity contribution in [3.63, 3.8) is 0 Å². The number of alkyl halides is 1. The van der Waals surface area contributed by atoms with E-state index in [1.165, 1.54) is 19.3 Å². The summed E-state index contributed by atoms with van der Waals surface area (Å²) in [5.74, 6) is 0.856. The highest BCUT2D eigenvalue weighted by molar-refractivity contribution is 9.09. The van der Waals surface area contributed by atoms with E-state index in [1.54, 1.807) is 0 Å². The van der Waals surface area contributed by atoms with Gasteiger partial charge in [-0.3, -0.25) is 0 Å². The third kappa shape index (κ3) is 2.03. The molecule has 2 nitrogen and oxygen atoms in total. The van der Waals surface area contributed by atoms with Gasteiger partial charge in [0.05, 0.1) is 11.7 Å². The Hall–Kier alpha value is 0.400. The van der Waals surface area contributed by atoms with Crippen LogP contribution >= 0.6 is 15.9 Å². The highest BCUT2D eigenvalue weighted by atomic mass is 79.9. The van der Waals surface area contributed by atoms with E-state index >= 15 is 0 Å². The molecule has 110 valence electrons. The van der Waals surface area contributed by atoms with Crippen molar-refractivity contribution in [1.82, 2.24) is 0 Å². The molecule has 3 aliphatic rings. The van der Waals surface area contributed by atoms with Crippen LogP contribution in [-0.2, 0) is 9.47 Å². The first-order valence-corrected chi connectivity index (χ1v) is 8.87. The highest BCUT2D eigenvalue weighted by Gasteiger charge is 2.62. The Morgan fingerprint density at radius 3 is 2.32 bits per heavy atom. The topological polar surface area (TPSA) is 18.5 Å². The second kappa shape index (κ2) is 4.71. The molecule has 3 fully saturated rings. The van der Waals surface area contributed by atoms with Gasteiger partial charge in [-0.2, -0.15) is 0 Å². The molecule has 0 aromatic carbocycles. The summed E-state index contributed by atoms with van der Waals surface area (Å²) in [4.78, 5) is 0. The SMILES string of the molecule is CC1(C)C2CCC1(C)C(OC1(CBr)CCOCC1)C2. The summed E-state index contributed by atoms with van der Waals surface area (Å²) in [5, 5.41) is 0.945. The van der Waals surface area contributed by atoms with Gasteiger partial charge in [0.15, 0.2) is 0 Å². The van der Waals surface area contributed by atoms with Crippen LogP contribution in [0.15, 0.2) is 0 Å². The number of fused-ring (bicyclic) bond motifs is 2. The van der Waals surface area contributed by atoms with Crippen LogP contribution in [0.2, 0.25) is 0 Å². The molecule has 3 unspecified atom stereocenters. The Bertz CT molecular complexity index is 349. The summed E-state index contributed by atoms with van der Waals surface area (Å²) in [6.07, 6.45) is 6.51. The lowest BCUT2D eigenvalue weighted by atomic mass is 9.70. The zero-order valence-electron chi connectivity index (χ0n) is 12.5. The Morgan fingerprint density at radius 1 is 1.16 bits per heavy atom. The molecule has 2 saturated carbocycles. The number of hydrogen-bond acceptors (Lipinski definition) is 2. The first kappa shape index (κ1) is 14.3. The van der Waals surface area contributed by atoms with Gasteiger partial charge in [-0.25, -0.2) is 0 Å². The van der Waals surface area contributed by atoms with E-state index < -0.39 is 0 Å². The molecule has 0 spiro atoms. The van der Waals surface area contributed by atoms with E-state index in [1.807, 2.05) is 0 Å². The average molecular weight is 331 g/mol. The Balaban J connectivity index is 1.77. The summed E-state index contributed by atoms with van der Waals surface area (Å²) in [5.41, 5.74) is 0.827. The molecular formula is C16H27BrO2. The standard InChI is InChI=1S/C16H27BrO2/c1-14(2)12-4-5-15(14,3)13(10-12)19-16(11-17)6-8-18-9-7-16/h12-13H,4-11H2,1-3H3.